The van der Waals surface area contributed by atoms with Crippen molar-refractivity contribution in [2.75, 3.05) is 18.5 Å². The van der Waals surface area contributed by atoms with Crippen molar-refractivity contribution in [2.24, 2.45) is 0 Å². The van der Waals surface area contributed by atoms with Crippen molar-refractivity contribution in [3.05, 3.63) is 21.9 Å². The molecule has 0 atom stereocenters. The summed E-state index contributed by atoms with van der Waals surface area (Å²) in [5, 5.41) is 11.2. The molecule has 1 aromatic rings. The van der Waals surface area contributed by atoms with Crippen LogP contribution in [0.4, 0.5) is 10.5 Å². The first-order valence-electron chi connectivity index (χ1n) is 4.42. The highest BCUT2D eigenvalue weighted by Gasteiger charge is 2.11. The first-order valence-corrected chi connectivity index (χ1v) is 5.17. The molecular weight excluding hydrogens is 255 g/mol. The Morgan fingerprint density at radius 2 is 2.31 bits per heavy atom. The fraction of sp³-hybridized carbons (Fsp3) is 0.333. The minimum absolute atomic E-state index is 0.0798. The van der Waals surface area contributed by atoms with Crippen molar-refractivity contribution >= 4 is 35.0 Å². The molecule has 1 rings (SSSR count). The minimum Gasteiger partial charge on any atom is -0.447 e. The first kappa shape index (κ1) is 13.0. The number of halogens is 2. The van der Waals surface area contributed by atoms with Gasteiger partial charge in [-0.2, -0.15) is 0 Å². The molecule has 2 N–H and O–H groups in total. The molecule has 16 heavy (non-hydrogen) atoms. The molecule has 1 aromatic heterocycles. The van der Waals surface area contributed by atoms with E-state index in [4.69, 9.17) is 28.3 Å². The molecule has 88 valence electrons. The van der Waals surface area contributed by atoms with E-state index in [1.54, 1.807) is 13.0 Å². The molecule has 0 aliphatic rings. The number of pyridine rings is 1. The van der Waals surface area contributed by atoms with Crippen molar-refractivity contribution in [1.82, 2.24) is 4.98 Å². The predicted octanol–water partition coefficient (Wildman–Crippen LogP) is 2.24. The smallest absolute Gasteiger partial charge is 0.411 e. The number of carbonyl (C=O) groups is 1. The third kappa shape index (κ3) is 3.52. The number of nitrogens with zero attached hydrogens (tertiary/aromatic N) is 1. The van der Waals surface area contributed by atoms with Crippen LogP contribution in [0.15, 0.2) is 6.07 Å². The van der Waals surface area contributed by atoms with Gasteiger partial charge in [-0.1, -0.05) is 23.2 Å². The molecule has 0 saturated heterocycles. The van der Waals surface area contributed by atoms with Crippen LogP contribution in [-0.2, 0) is 4.74 Å². The van der Waals surface area contributed by atoms with Gasteiger partial charge in [-0.25, -0.2) is 9.78 Å². The maximum Gasteiger partial charge on any atom is 0.411 e. The molecule has 0 fully saturated rings. The highest BCUT2D eigenvalue weighted by Crippen LogP contribution is 2.26. The van der Waals surface area contributed by atoms with E-state index in [2.05, 4.69) is 15.0 Å². The van der Waals surface area contributed by atoms with E-state index in [0.717, 1.165) is 0 Å². The quantitative estimate of drug-likeness (QED) is 0.822. The second-order valence-corrected chi connectivity index (χ2v) is 3.66. The van der Waals surface area contributed by atoms with Crippen molar-refractivity contribution in [3.63, 3.8) is 0 Å². The van der Waals surface area contributed by atoms with Crippen LogP contribution in [0.3, 0.4) is 0 Å². The molecule has 5 nitrogen and oxygen atoms in total. The second-order valence-electron chi connectivity index (χ2n) is 2.91. The third-order valence-corrected chi connectivity index (χ3v) is 2.16. The number of anilines is 1. The summed E-state index contributed by atoms with van der Waals surface area (Å²) in [5.74, 6) is 0. The van der Waals surface area contributed by atoms with Gasteiger partial charge in [0.25, 0.3) is 0 Å². The number of ether oxygens (including phenoxy) is 1. The van der Waals surface area contributed by atoms with Crippen LogP contribution in [0.25, 0.3) is 0 Å². The van der Waals surface area contributed by atoms with Crippen LogP contribution in [0.1, 0.15) is 5.56 Å². The summed E-state index contributed by atoms with van der Waals surface area (Å²) in [6.45, 7) is 1.41. The number of rotatable bonds is 3. The molecule has 0 bridgehead atoms. The molecule has 0 aromatic carbocycles. The lowest BCUT2D eigenvalue weighted by Gasteiger charge is -2.09. The van der Waals surface area contributed by atoms with E-state index in [-0.39, 0.29) is 23.5 Å². The van der Waals surface area contributed by atoms with Gasteiger partial charge >= 0.3 is 6.09 Å². The number of nitrogens with one attached hydrogen (secondary N) is 1. The Labute approximate surface area is 102 Å². The lowest BCUT2D eigenvalue weighted by Crippen LogP contribution is -2.17. The number of aliphatic hydroxyl groups excluding tert-OH is 1. The summed E-state index contributed by atoms with van der Waals surface area (Å²) >= 11 is 11.5. The second kappa shape index (κ2) is 5.89. The molecule has 1 amide bonds. The number of hydrogen-bond donors (Lipinski definition) is 2. The van der Waals surface area contributed by atoms with Gasteiger partial charge in [-0.3, -0.25) is 5.32 Å². The summed E-state index contributed by atoms with van der Waals surface area (Å²) in [7, 11) is 0. The molecule has 0 unspecified atom stereocenters. The number of aryl methyl sites for hydroxylation is 1. The molecular formula is C9H10Cl2N2O3. The monoisotopic (exact) mass is 264 g/mol. The zero-order chi connectivity index (χ0) is 12.1. The molecule has 0 aliphatic heterocycles. The molecule has 0 spiro atoms. The summed E-state index contributed by atoms with van der Waals surface area (Å²) in [6.07, 6.45) is -0.705. The lowest BCUT2D eigenvalue weighted by molar-refractivity contribution is 0.131. The topological polar surface area (TPSA) is 71.5 Å². The number of aromatic nitrogens is 1. The molecule has 0 radical (unpaired) electrons. The molecule has 0 aliphatic carbocycles. The van der Waals surface area contributed by atoms with E-state index in [1.165, 1.54) is 0 Å². The first-order chi connectivity index (χ1) is 7.54. The Bertz CT molecular complexity index is 375. The summed E-state index contributed by atoms with van der Waals surface area (Å²) < 4.78 is 4.62. The fourth-order valence-electron chi connectivity index (χ4n) is 1.02. The number of aliphatic hydroxyl groups is 1. The van der Waals surface area contributed by atoms with Crippen LogP contribution in [-0.4, -0.2) is 29.4 Å². The minimum atomic E-state index is -0.705. The molecule has 0 saturated carbocycles. The zero-order valence-corrected chi connectivity index (χ0v) is 9.97. The van der Waals surface area contributed by atoms with Crippen molar-refractivity contribution < 1.29 is 14.6 Å². The van der Waals surface area contributed by atoms with Crippen molar-refractivity contribution in [3.8, 4) is 0 Å². The van der Waals surface area contributed by atoms with Gasteiger partial charge in [0.1, 0.15) is 11.8 Å². The van der Waals surface area contributed by atoms with E-state index in [1.807, 2.05) is 0 Å². The van der Waals surface area contributed by atoms with Crippen LogP contribution in [0.2, 0.25) is 10.3 Å². The Morgan fingerprint density at radius 1 is 1.62 bits per heavy atom. The number of carbonyl (C=O) groups excluding carboxylic acids is 1. The summed E-state index contributed by atoms with van der Waals surface area (Å²) in [5.41, 5.74) is 1.01. The number of hydrogen-bond acceptors (Lipinski definition) is 4. The third-order valence-electron chi connectivity index (χ3n) is 1.69. The normalized spacial score (nSPS) is 10.0. The van der Waals surface area contributed by atoms with Crippen LogP contribution < -0.4 is 5.32 Å². The standard InChI is InChI=1S/C9H10Cl2N2O3/c1-5-4-6(10)12-8(11)7(5)13-9(15)16-3-2-14/h4,14H,2-3H2,1H3,(H,13,15). The van der Waals surface area contributed by atoms with Crippen LogP contribution >= 0.6 is 23.2 Å². The van der Waals surface area contributed by atoms with E-state index >= 15 is 0 Å². The summed E-state index contributed by atoms with van der Waals surface area (Å²) in [6, 6.07) is 1.56. The Morgan fingerprint density at radius 3 is 2.88 bits per heavy atom. The Hall–Kier alpha value is -1.04. The predicted molar refractivity (Wildman–Crippen MR) is 61.1 cm³/mol. The van der Waals surface area contributed by atoms with Gasteiger partial charge in [-0.05, 0) is 18.6 Å². The lowest BCUT2D eigenvalue weighted by atomic mass is 10.2. The van der Waals surface area contributed by atoms with Crippen molar-refractivity contribution in [2.45, 2.75) is 6.92 Å². The highest BCUT2D eigenvalue weighted by atomic mass is 35.5. The average Bonchev–Trinajstić information content (AvgIpc) is 2.20. The SMILES string of the molecule is Cc1cc(Cl)nc(Cl)c1NC(=O)OCCO. The van der Waals surface area contributed by atoms with Gasteiger partial charge in [-0.15, -0.1) is 0 Å². The molecule has 1 heterocycles. The summed E-state index contributed by atoms with van der Waals surface area (Å²) in [4.78, 5) is 15.0. The maximum absolute atomic E-state index is 11.2. The van der Waals surface area contributed by atoms with Gasteiger partial charge < -0.3 is 9.84 Å². The van der Waals surface area contributed by atoms with Crippen LogP contribution in [0.5, 0.6) is 0 Å². The largest absolute Gasteiger partial charge is 0.447 e. The maximum atomic E-state index is 11.2. The molecule has 7 heteroatoms. The van der Waals surface area contributed by atoms with Crippen molar-refractivity contribution in [1.29, 1.82) is 0 Å². The van der Waals surface area contributed by atoms with E-state index in [0.29, 0.717) is 11.3 Å². The number of amides is 1. The van der Waals surface area contributed by atoms with Crippen LogP contribution in [0, 0.1) is 6.92 Å². The Kier molecular flexibility index (Phi) is 4.79. The fourth-order valence-corrected chi connectivity index (χ4v) is 1.60. The van der Waals surface area contributed by atoms with E-state index < -0.39 is 6.09 Å². The van der Waals surface area contributed by atoms with Gasteiger partial charge in [0.05, 0.1) is 12.3 Å². The van der Waals surface area contributed by atoms with E-state index in [9.17, 15) is 4.79 Å². The zero-order valence-electron chi connectivity index (χ0n) is 8.46. The van der Waals surface area contributed by atoms with Gasteiger partial charge in [0.15, 0.2) is 5.15 Å². The van der Waals surface area contributed by atoms with Gasteiger partial charge in [0.2, 0.25) is 0 Å². The average molecular weight is 265 g/mol. The highest BCUT2D eigenvalue weighted by molar-refractivity contribution is 6.34. The van der Waals surface area contributed by atoms with Gasteiger partial charge in [0, 0.05) is 0 Å². The Balaban J connectivity index is 2.77.